The standard InChI is InChI=1S/C31H28N8O5S/c1-38(2)23-14-12-20(13-15-23)31(40)36-37-35-21-8-7-9-24(16-21)39(45(41)42)30-29(33-27-10-5-6-11-28(27)34-30)32-22-17-25(43-3)19-26(18-22)44-4/h5-19H,1-4H3,(H-,32,33,41,42). The zero-order valence-corrected chi connectivity index (χ0v) is 25.6. The second-order valence-corrected chi connectivity index (χ2v) is 10.5. The third-order valence-corrected chi connectivity index (χ3v) is 7.18. The van der Waals surface area contributed by atoms with Gasteiger partial charge in [-0.25, -0.2) is 9.97 Å². The van der Waals surface area contributed by atoms with Crippen molar-refractivity contribution in [3.8, 4) is 11.5 Å². The first-order valence-electron chi connectivity index (χ1n) is 13.5. The molecule has 45 heavy (non-hydrogen) atoms. The Morgan fingerprint density at radius 3 is 2.16 bits per heavy atom. The minimum atomic E-state index is -2.84. The first kappa shape index (κ1) is 30.8. The Morgan fingerprint density at radius 2 is 1.53 bits per heavy atom. The quantitative estimate of drug-likeness (QED) is 0.115. The van der Waals surface area contributed by atoms with Gasteiger partial charge < -0.3 is 24.2 Å². The second kappa shape index (κ2) is 13.7. The smallest absolute Gasteiger partial charge is 0.360 e. The zero-order chi connectivity index (χ0) is 31.9. The van der Waals surface area contributed by atoms with Crippen molar-refractivity contribution < 1.29 is 23.0 Å². The molecule has 228 valence electrons. The van der Waals surface area contributed by atoms with Gasteiger partial charge in [-0.2, -0.15) is 0 Å². The number of carbonyl (C=O) groups is 1. The van der Waals surface area contributed by atoms with E-state index in [1.807, 2.05) is 25.1 Å². The summed E-state index contributed by atoms with van der Waals surface area (Å²) in [6, 6.07) is 25.3. The molecular formula is C31H28N8O5S. The van der Waals surface area contributed by atoms with Crippen molar-refractivity contribution in [3.63, 3.8) is 0 Å². The minimum Gasteiger partial charge on any atom is -0.755 e. The average molecular weight is 625 g/mol. The molecule has 0 saturated heterocycles. The van der Waals surface area contributed by atoms with E-state index in [0.717, 1.165) is 9.99 Å². The molecule has 0 fully saturated rings. The number of hydrogen-bond donors (Lipinski definition) is 1. The van der Waals surface area contributed by atoms with Crippen molar-refractivity contribution in [3.05, 3.63) is 96.6 Å². The molecule has 1 aromatic heterocycles. The van der Waals surface area contributed by atoms with Crippen LogP contribution in [0.25, 0.3) is 11.0 Å². The fraction of sp³-hybridized carbons (Fsp3) is 0.129. The minimum absolute atomic E-state index is 0.000977. The van der Waals surface area contributed by atoms with E-state index in [1.165, 1.54) is 20.3 Å². The van der Waals surface area contributed by atoms with Gasteiger partial charge in [0.1, 0.15) is 11.5 Å². The summed E-state index contributed by atoms with van der Waals surface area (Å²) in [5.41, 5.74) is 3.28. The van der Waals surface area contributed by atoms with Gasteiger partial charge in [-0.15, -0.1) is 0 Å². The van der Waals surface area contributed by atoms with Crippen LogP contribution in [0.4, 0.5) is 34.4 Å². The monoisotopic (exact) mass is 624 g/mol. The van der Waals surface area contributed by atoms with Crippen LogP contribution < -0.4 is 28.9 Å². The van der Waals surface area contributed by atoms with Gasteiger partial charge in [-0.1, -0.05) is 18.2 Å². The number of aromatic nitrogens is 2. The van der Waals surface area contributed by atoms with Crippen molar-refractivity contribution in [1.82, 2.24) is 14.9 Å². The number of benzene rings is 4. The van der Waals surface area contributed by atoms with Crippen molar-refractivity contribution in [2.24, 2.45) is 10.2 Å². The van der Waals surface area contributed by atoms with Gasteiger partial charge in [-0.05, 0) is 54.6 Å². The maximum absolute atomic E-state index is 12.7. The molecule has 1 amide bonds. The lowest BCUT2D eigenvalue weighted by molar-refractivity contribution is 0.0992. The van der Waals surface area contributed by atoms with Crippen LogP contribution >= 0.6 is 0 Å². The molecule has 0 radical (unpaired) electrons. The van der Waals surface area contributed by atoms with E-state index in [0.29, 0.717) is 33.8 Å². The highest BCUT2D eigenvalue weighted by Gasteiger charge is 2.21. The highest BCUT2D eigenvalue weighted by atomic mass is 32.2. The van der Waals surface area contributed by atoms with Gasteiger partial charge in [-0.3, -0.25) is 13.3 Å². The number of methoxy groups -OCH3 is 2. The molecule has 0 aliphatic heterocycles. The molecule has 1 unspecified atom stereocenters. The van der Waals surface area contributed by atoms with Crippen LogP contribution in [0.1, 0.15) is 10.4 Å². The number of fused-ring (bicyclic) bond motifs is 1. The third-order valence-electron chi connectivity index (χ3n) is 6.50. The highest BCUT2D eigenvalue weighted by molar-refractivity contribution is 7.81. The van der Waals surface area contributed by atoms with E-state index >= 15 is 0 Å². The number of para-hydroxylation sites is 2. The van der Waals surface area contributed by atoms with E-state index in [-0.39, 0.29) is 23.0 Å². The van der Waals surface area contributed by atoms with Crippen LogP contribution in [0, 0.1) is 0 Å². The Hall–Kier alpha value is -5.69. The molecule has 5 aromatic rings. The molecule has 1 heterocycles. The Bertz CT molecular complexity index is 1920. The fourth-order valence-electron chi connectivity index (χ4n) is 4.27. The number of anilines is 5. The number of ether oxygens (including phenoxy) is 2. The van der Waals surface area contributed by atoms with E-state index in [2.05, 4.69) is 30.4 Å². The van der Waals surface area contributed by atoms with Crippen molar-refractivity contribution in [2.45, 2.75) is 0 Å². The lowest BCUT2D eigenvalue weighted by Crippen LogP contribution is -2.22. The molecule has 14 heteroatoms. The maximum atomic E-state index is 12.7. The number of nitrogens with one attached hydrogen (secondary N) is 1. The summed E-state index contributed by atoms with van der Waals surface area (Å²) in [6.45, 7) is 0. The van der Waals surface area contributed by atoms with Crippen LogP contribution in [-0.4, -0.2) is 53.0 Å². The molecule has 13 nitrogen and oxygen atoms in total. The number of amides is 1. The summed E-state index contributed by atoms with van der Waals surface area (Å²) in [5, 5.41) is 10.8. The van der Waals surface area contributed by atoms with Gasteiger partial charge in [0.25, 0.3) is 0 Å². The predicted molar refractivity (Wildman–Crippen MR) is 172 cm³/mol. The van der Waals surface area contributed by atoms with Crippen LogP contribution in [-0.2, 0) is 11.3 Å². The molecule has 5 rings (SSSR count). The first-order chi connectivity index (χ1) is 21.7. The SMILES string of the molecule is COc1cc(Nc2nc3ccccc3nc2N(c2cccc(N=[N+]=NC(=O)c3ccc(N(C)C)cc3)c2)S(=O)[O-])cc(OC)c1. The number of carbonyl (C=O) groups excluding carboxylic acids is 1. The van der Waals surface area contributed by atoms with Gasteiger partial charge in [0.15, 0.2) is 22.4 Å². The van der Waals surface area contributed by atoms with Crippen LogP contribution in [0.2, 0.25) is 0 Å². The molecule has 0 aliphatic carbocycles. The highest BCUT2D eigenvalue weighted by Crippen LogP contribution is 2.36. The van der Waals surface area contributed by atoms with E-state index in [9.17, 15) is 13.6 Å². The Balaban J connectivity index is 1.51. The maximum Gasteiger partial charge on any atom is 0.360 e. The fourth-order valence-corrected chi connectivity index (χ4v) is 4.82. The molecule has 0 aliphatic rings. The van der Waals surface area contributed by atoms with Gasteiger partial charge in [0.05, 0.1) is 42.2 Å². The largest absolute Gasteiger partial charge is 0.755 e. The molecule has 0 spiro atoms. The van der Waals surface area contributed by atoms with E-state index < -0.39 is 17.2 Å². The summed E-state index contributed by atoms with van der Waals surface area (Å²) < 4.78 is 37.2. The number of hydrogen-bond acceptors (Lipinski definition) is 10. The molecule has 1 N–H and O–H groups in total. The molecule has 4 aromatic carbocycles. The van der Waals surface area contributed by atoms with Crippen molar-refractivity contribution in [2.75, 3.05) is 42.8 Å². The Morgan fingerprint density at radius 1 is 0.867 bits per heavy atom. The van der Waals surface area contributed by atoms with Crippen LogP contribution in [0.5, 0.6) is 11.5 Å². The first-order valence-corrected chi connectivity index (χ1v) is 14.5. The summed E-state index contributed by atoms with van der Waals surface area (Å²) >= 11 is -2.84. The predicted octanol–water partition coefficient (Wildman–Crippen LogP) is 5.83. The summed E-state index contributed by atoms with van der Waals surface area (Å²) in [7, 11) is 6.85. The molecule has 0 saturated carbocycles. The zero-order valence-electron chi connectivity index (χ0n) is 24.7. The summed E-state index contributed by atoms with van der Waals surface area (Å²) in [4.78, 5) is 27.4. The lowest BCUT2D eigenvalue weighted by Gasteiger charge is -2.27. The number of rotatable bonds is 10. The second-order valence-electron chi connectivity index (χ2n) is 9.68. The van der Waals surface area contributed by atoms with Gasteiger partial charge >= 0.3 is 5.91 Å². The topological polar surface area (TPSA) is 159 Å². The molecular weight excluding hydrogens is 596 g/mol. The Kier molecular flexibility index (Phi) is 9.39. The van der Waals surface area contributed by atoms with Crippen LogP contribution in [0.15, 0.2) is 101 Å². The average Bonchev–Trinajstić information content (AvgIpc) is 3.04. The molecule has 1 atom stereocenters. The van der Waals surface area contributed by atoms with E-state index in [4.69, 9.17) is 9.47 Å². The summed E-state index contributed by atoms with van der Waals surface area (Å²) in [6.07, 6.45) is 0. The van der Waals surface area contributed by atoms with Crippen molar-refractivity contribution in [1.29, 1.82) is 0 Å². The van der Waals surface area contributed by atoms with Gasteiger partial charge in [0, 0.05) is 49.2 Å². The Labute approximate surface area is 261 Å². The third kappa shape index (κ3) is 7.28. The lowest BCUT2D eigenvalue weighted by atomic mass is 10.2. The number of nitrogens with zero attached hydrogens (tertiary/aromatic N) is 7. The van der Waals surface area contributed by atoms with E-state index in [1.54, 1.807) is 78.9 Å². The van der Waals surface area contributed by atoms with Crippen LogP contribution in [0.3, 0.4) is 0 Å². The van der Waals surface area contributed by atoms with Gasteiger partial charge in [0.2, 0.25) is 10.0 Å². The molecule has 0 bridgehead atoms. The van der Waals surface area contributed by atoms with Crippen molar-refractivity contribution >= 4 is 62.6 Å². The normalized spacial score (nSPS) is 11.2. The summed E-state index contributed by atoms with van der Waals surface area (Å²) in [5.74, 6) is 0.617.